The van der Waals surface area contributed by atoms with Crippen LogP contribution in [-0.2, 0) is 0 Å². The standard InChI is InChI=1S/C26H33FN6/c1-6-19(20-10-9-18(4)23(27)16-20)15-21(11-13-30-8-3)24-12-14-31-26(32-24)33-25(29-5)17-22(28)7-2/h8-17,19,30H,3,6-7,28H2,1-2,4-5H3,(H,29,31,32,33)/b13-11-,21-15+,22-17?. The van der Waals surface area contributed by atoms with Crippen molar-refractivity contribution in [3.63, 3.8) is 0 Å². The number of halogens is 1. The van der Waals surface area contributed by atoms with Crippen LogP contribution in [0.15, 0.2) is 78.4 Å². The van der Waals surface area contributed by atoms with Gasteiger partial charge in [-0.25, -0.2) is 14.4 Å². The monoisotopic (exact) mass is 448 g/mol. The molecule has 1 heterocycles. The largest absolute Gasteiger partial charge is 0.402 e. The van der Waals surface area contributed by atoms with Gasteiger partial charge in [0.2, 0.25) is 5.95 Å². The Morgan fingerprint density at radius 2 is 2.09 bits per heavy atom. The number of hydrogen-bond acceptors (Lipinski definition) is 5. The van der Waals surface area contributed by atoms with Gasteiger partial charge in [-0.15, -0.1) is 0 Å². The molecular weight excluding hydrogens is 415 g/mol. The van der Waals surface area contributed by atoms with Crippen molar-refractivity contribution in [3.8, 4) is 0 Å². The van der Waals surface area contributed by atoms with E-state index in [1.165, 1.54) is 0 Å². The van der Waals surface area contributed by atoms with E-state index in [0.29, 0.717) is 35.2 Å². The molecule has 0 saturated heterocycles. The highest BCUT2D eigenvalue weighted by Crippen LogP contribution is 2.27. The van der Waals surface area contributed by atoms with E-state index < -0.39 is 0 Å². The summed E-state index contributed by atoms with van der Waals surface area (Å²) >= 11 is 0. The summed E-state index contributed by atoms with van der Waals surface area (Å²) < 4.78 is 14.2. The third-order valence-electron chi connectivity index (χ3n) is 5.08. The minimum Gasteiger partial charge on any atom is -0.402 e. The molecule has 1 aromatic heterocycles. The summed E-state index contributed by atoms with van der Waals surface area (Å²) in [7, 11) is 1.67. The Labute approximate surface area is 196 Å². The number of aromatic nitrogens is 2. The minimum absolute atomic E-state index is 0.00917. The number of anilines is 1. The first-order chi connectivity index (χ1) is 15.9. The van der Waals surface area contributed by atoms with Crippen LogP contribution < -0.4 is 16.4 Å². The lowest BCUT2D eigenvalue weighted by Crippen LogP contribution is -2.14. The summed E-state index contributed by atoms with van der Waals surface area (Å²) in [5, 5.41) is 6.07. The molecule has 1 unspecified atom stereocenters. The molecule has 0 aliphatic carbocycles. The molecule has 0 spiro atoms. The van der Waals surface area contributed by atoms with Crippen LogP contribution in [-0.4, -0.2) is 22.9 Å². The smallest absolute Gasteiger partial charge is 0.228 e. The second-order valence-electron chi connectivity index (χ2n) is 7.42. The van der Waals surface area contributed by atoms with Crippen LogP contribution in [0, 0.1) is 12.7 Å². The lowest BCUT2D eigenvalue weighted by molar-refractivity contribution is 0.613. The van der Waals surface area contributed by atoms with Crippen molar-refractivity contribution in [1.29, 1.82) is 0 Å². The van der Waals surface area contributed by atoms with Crippen LogP contribution >= 0.6 is 0 Å². The number of nitrogens with zero attached hydrogens (tertiary/aromatic N) is 3. The lowest BCUT2D eigenvalue weighted by atomic mass is 9.92. The Kier molecular flexibility index (Phi) is 10.0. The van der Waals surface area contributed by atoms with E-state index in [0.717, 1.165) is 17.6 Å². The minimum atomic E-state index is -0.205. The third kappa shape index (κ3) is 7.71. The fraction of sp³-hybridized carbons (Fsp3) is 0.269. The second kappa shape index (κ2) is 13.0. The Balaban J connectivity index is 2.45. The topological polar surface area (TPSA) is 88.2 Å². The van der Waals surface area contributed by atoms with Gasteiger partial charge in [-0.3, -0.25) is 4.99 Å². The first-order valence-corrected chi connectivity index (χ1v) is 11.0. The Bertz CT molecular complexity index is 1070. The number of aliphatic imine (C=N–C) groups is 1. The number of allylic oxidation sites excluding steroid dienone is 4. The first-order valence-electron chi connectivity index (χ1n) is 11.0. The average molecular weight is 449 g/mol. The molecule has 2 aromatic rings. The predicted octanol–water partition coefficient (Wildman–Crippen LogP) is 5.44. The molecule has 0 aliphatic rings. The van der Waals surface area contributed by atoms with Gasteiger partial charge < -0.3 is 16.4 Å². The highest BCUT2D eigenvalue weighted by Gasteiger charge is 2.12. The van der Waals surface area contributed by atoms with Crippen LogP contribution in [0.25, 0.3) is 5.57 Å². The summed E-state index contributed by atoms with van der Waals surface area (Å²) in [6, 6.07) is 7.21. The van der Waals surface area contributed by atoms with Gasteiger partial charge in [0, 0.05) is 31.1 Å². The van der Waals surface area contributed by atoms with Gasteiger partial charge in [-0.1, -0.05) is 38.6 Å². The zero-order valence-electron chi connectivity index (χ0n) is 19.8. The number of nitrogens with two attached hydrogens (primary N) is 1. The normalized spacial score (nSPS) is 13.8. The van der Waals surface area contributed by atoms with Crippen LogP contribution in [0.5, 0.6) is 0 Å². The Morgan fingerprint density at radius 3 is 2.73 bits per heavy atom. The van der Waals surface area contributed by atoms with E-state index in [1.807, 2.05) is 31.2 Å². The van der Waals surface area contributed by atoms with Gasteiger partial charge in [0.25, 0.3) is 0 Å². The molecule has 0 aliphatic heterocycles. The Morgan fingerprint density at radius 1 is 1.30 bits per heavy atom. The molecule has 0 amide bonds. The lowest BCUT2D eigenvalue weighted by Gasteiger charge is -2.14. The molecule has 1 atom stereocenters. The molecule has 1 aromatic carbocycles. The highest BCUT2D eigenvalue weighted by molar-refractivity contribution is 6.03. The highest BCUT2D eigenvalue weighted by atomic mass is 19.1. The van der Waals surface area contributed by atoms with Crippen LogP contribution in [0.1, 0.15) is 49.4 Å². The van der Waals surface area contributed by atoms with E-state index in [9.17, 15) is 4.39 Å². The van der Waals surface area contributed by atoms with Crippen molar-refractivity contribution in [2.45, 2.75) is 39.5 Å². The van der Waals surface area contributed by atoms with E-state index in [2.05, 4.69) is 45.2 Å². The first kappa shape index (κ1) is 25.5. The number of nitrogens with one attached hydrogen (secondary N) is 2. The summed E-state index contributed by atoms with van der Waals surface area (Å²) in [4.78, 5) is 13.2. The van der Waals surface area contributed by atoms with Crippen molar-refractivity contribution in [2.24, 2.45) is 10.7 Å². The van der Waals surface area contributed by atoms with Crippen LogP contribution in [0.2, 0.25) is 0 Å². The van der Waals surface area contributed by atoms with Gasteiger partial charge >= 0.3 is 0 Å². The molecule has 0 saturated carbocycles. The molecule has 0 bridgehead atoms. The molecule has 4 N–H and O–H groups in total. The molecule has 33 heavy (non-hydrogen) atoms. The molecule has 2 rings (SSSR count). The quantitative estimate of drug-likeness (QED) is 0.256. The van der Waals surface area contributed by atoms with Crippen molar-refractivity contribution in [3.05, 3.63) is 96.0 Å². The third-order valence-corrected chi connectivity index (χ3v) is 5.08. The van der Waals surface area contributed by atoms with E-state index in [4.69, 9.17) is 5.73 Å². The van der Waals surface area contributed by atoms with Gasteiger partial charge in [0.15, 0.2) is 0 Å². The van der Waals surface area contributed by atoms with Crippen molar-refractivity contribution in [1.82, 2.24) is 15.3 Å². The van der Waals surface area contributed by atoms with Gasteiger partial charge in [-0.2, -0.15) is 0 Å². The number of hydrogen-bond donors (Lipinski definition) is 3. The van der Waals surface area contributed by atoms with Gasteiger partial charge in [0.05, 0.1) is 5.69 Å². The maximum absolute atomic E-state index is 14.2. The summed E-state index contributed by atoms with van der Waals surface area (Å²) in [6.07, 6.45) is 12.3. The number of aryl methyl sites for hydroxylation is 1. The van der Waals surface area contributed by atoms with Crippen molar-refractivity contribution >= 4 is 17.4 Å². The summed E-state index contributed by atoms with van der Waals surface area (Å²) in [5.74, 6) is 0.778. The number of rotatable bonds is 10. The van der Waals surface area contributed by atoms with E-state index in [1.54, 1.807) is 44.7 Å². The molecule has 7 heteroatoms. The number of benzene rings is 1. The maximum atomic E-state index is 14.2. The van der Waals surface area contributed by atoms with Crippen LogP contribution in [0.3, 0.4) is 0 Å². The molecular formula is C26H33FN6. The summed E-state index contributed by atoms with van der Waals surface area (Å²) in [6.45, 7) is 9.48. The maximum Gasteiger partial charge on any atom is 0.228 e. The summed E-state index contributed by atoms with van der Waals surface area (Å²) in [5.41, 5.74) is 9.75. The number of amidine groups is 1. The zero-order chi connectivity index (χ0) is 24.2. The zero-order valence-corrected chi connectivity index (χ0v) is 19.8. The van der Waals surface area contributed by atoms with Crippen molar-refractivity contribution < 1.29 is 4.39 Å². The fourth-order valence-corrected chi connectivity index (χ4v) is 3.07. The SMILES string of the molecule is C=CN/C=C\C(=C/C(CC)c1ccc(C)c(F)c1)c1ccnc(NC(C=C(N)CC)=NC)n1. The van der Waals surface area contributed by atoms with Crippen LogP contribution in [0.4, 0.5) is 10.3 Å². The van der Waals surface area contributed by atoms with Crippen molar-refractivity contribution in [2.75, 3.05) is 12.4 Å². The molecule has 6 nitrogen and oxygen atoms in total. The van der Waals surface area contributed by atoms with Gasteiger partial charge in [-0.05, 0) is 67.0 Å². The fourth-order valence-electron chi connectivity index (χ4n) is 3.07. The second-order valence-corrected chi connectivity index (χ2v) is 7.42. The molecule has 174 valence electrons. The van der Waals surface area contributed by atoms with E-state index >= 15 is 0 Å². The van der Waals surface area contributed by atoms with Gasteiger partial charge in [0.1, 0.15) is 11.7 Å². The van der Waals surface area contributed by atoms with E-state index in [-0.39, 0.29) is 11.7 Å². The molecule has 0 radical (unpaired) electrons. The average Bonchev–Trinajstić information content (AvgIpc) is 2.82. The molecule has 0 fully saturated rings. The predicted molar refractivity (Wildman–Crippen MR) is 136 cm³/mol. The Hall–Kier alpha value is -3.74.